The summed E-state index contributed by atoms with van der Waals surface area (Å²) < 4.78 is 0. The maximum Gasteiger partial charge on any atom is 0.161 e. The van der Waals surface area contributed by atoms with Gasteiger partial charge < -0.3 is 0 Å². The lowest BCUT2D eigenvalue weighted by Gasteiger charge is -2.06. The first-order chi connectivity index (χ1) is 11.3. The molecule has 2 nitrogen and oxygen atoms in total. The maximum atomic E-state index is 6.29. The molecule has 0 aliphatic heterocycles. The van der Waals surface area contributed by atoms with Gasteiger partial charge in [-0.25, -0.2) is 9.97 Å². The van der Waals surface area contributed by atoms with Crippen molar-refractivity contribution in [3.05, 3.63) is 84.0 Å². The number of halogens is 1. The molecule has 3 aromatic carbocycles. The van der Waals surface area contributed by atoms with Crippen molar-refractivity contribution in [2.75, 3.05) is 0 Å². The quantitative estimate of drug-likeness (QED) is 0.449. The van der Waals surface area contributed by atoms with E-state index in [0.717, 1.165) is 16.5 Å². The van der Waals surface area contributed by atoms with Crippen LogP contribution in [0.1, 0.15) is 0 Å². The number of para-hydroxylation sites is 1. The molecule has 0 aliphatic carbocycles. The third kappa shape index (κ3) is 2.69. The number of benzene rings is 3. The van der Waals surface area contributed by atoms with Crippen LogP contribution < -0.4 is 0 Å². The molecule has 0 amide bonds. The van der Waals surface area contributed by atoms with E-state index in [4.69, 9.17) is 11.6 Å². The van der Waals surface area contributed by atoms with E-state index < -0.39 is 0 Å². The second-order valence-electron chi connectivity index (χ2n) is 5.30. The summed E-state index contributed by atoms with van der Waals surface area (Å²) in [5.74, 6) is 0.647. The molecule has 1 aromatic heterocycles. The van der Waals surface area contributed by atoms with Crippen molar-refractivity contribution in [1.82, 2.24) is 9.97 Å². The van der Waals surface area contributed by atoms with E-state index in [-0.39, 0.29) is 0 Å². The van der Waals surface area contributed by atoms with Gasteiger partial charge in [-0.3, -0.25) is 0 Å². The molecule has 110 valence electrons. The van der Waals surface area contributed by atoms with Crippen molar-refractivity contribution in [1.29, 1.82) is 0 Å². The number of fused-ring (bicyclic) bond motifs is 1. The molecule has 0 saturated carbocycles. The molecule has 0 fully saturated rings. The van der Waals surface area contributed by atoms with E-state index in [9.17, 15) is 0 Å². The van der Waals surface area contributed by atoms with E-state index >= 15 is 0 Å². The molecule has 4 aromatic rings. The molecule has 3 heteroatoms. The van der Waals surface area contributed by atoms with Crippen molar-refractivity contribution in [3.63, 3.8) is 0 Å². The molecule has 0 spiro atoms. The summed E-state index contributed by atoms with van der Waals surface area (Å²) in [6, 6.07) is 26.3. The minimum atomic E-state index is 0.484. The Hall–Kier alpha value is -2.71. The van der Waals surface area contributed by atoms with Crippen LogP contribution in [0.2, 0.25) is 5.15 Å². The lowest BCUT2D eigenvalue weighted by molar-refractivity contribution is 1.23. The van der Waals surface area contributed by atoms with Crippen LogP contribution >= 0.6 is 11.6 Å². The zero-order chi connectivity index (χ0) is 15.6. The zero-order valence-electron chi connectivity index (χ0n) is 12.3. The maximum absolute atomic E-state index is 6.29. The van der Waals surface area contributed by atoms with E-state index in [1.54, 1.807) is 0 Å². The van der Waals surface area contributed by atoms with Gasteiger partial charge in [0.05, 0.1) is 5.52 Å². The summed E-state index contributed by atoms with van der Waals surface area (Å²) >= 11 is 6.29. The molecule has 0 aliphatic rings. The van der Waals surface area contributed by atoms with Crippen LogP contribution in [0, 0.1) is 0 Å². The molecule has 0 radical (unpaired) electrons. The van der Waals surface area contributed by atoms with Crippen LogP contribution in [-0.4, -0.2) is 9.97 Å². The molecule has 1 heterocycles. The fraction of sp³-hybridized carbons (Fsp3) is 0. The van der Waals surface area contributed by atoms with Gasteiger partial charge in [-0.1, -0.05) is 78.3 Å². The fourth-order valence-corrected chi connectivity index (χ4v) is 2.85. The molecule has 0 unspecified atom stereocenters. The number of rotatable bonds is 2. The third-order valence-corrected chi connectivity index (χ3v) is 4.10. The minimum absolute atomic E-state index is 0.484. The normalized spacial score (nSPS) is 10.8. The first kappa shape index (κ1) is 13.9. The average Bonchev–Trinajstić information content (AvgIpc) is 2.63. The molecule has 0 N–H and O–H groups in total. The minimum Gasteiger partial charge on any atom is -0.228 e. The second kappa shape index (κ2) is 5.82. The monoisotopic (exact) mass is 316 g/mol. The fourth-order valence-electron chi connectivity index (χ4n) is 2.61. The molecule has 4 rings (SSSR count). The topological polar surface area (TPSA) is 25.8 Å². The van der Waals surface area contributed by atoms with Crippen molar-refractivity contribution in [2.45, 2.75) is 0 Å². The van der Waals surface area contributed by atoms with Crippen LogP contribution in [0.15, 0.2) is 78.9 Å². The van der Waals surface area contributed by atoms with Crippen LogP contribution in [0.3, 0.4) is 0 Å². The van der Waals surface area contributed by atoms with Crippen LogP contribution in [0.4, 0.5) is 0 Å². The Balaban J connectivity index is 1.76. The third-order valence-electron chi connectivity index (χ3n) is 3.81. The summed E-state index contributed by atoms with van der Waals surface area (Å²) in [5.41, 5.74) is 4.17. The Morgan fingerprint density at radius 3 is 1.96 bits per heavy atom. The molecule has 0 atom stereocenters. The Morgan fingerprint density at radius 2 is 1.17 bits per heavy atom. The SMILES string of the molecule is Clc1nc(-c2ccc(-c3ccccc3)cc2)nc2ccccc12. The van der Waals surface area contributed by atoms with E-state index in [1.165, 1.54) is 11.1 Å². The van der Waals surface area contributed by atoms with Gasteiger partial charge >= 0.3 is 0 Å². The summed E-state index contributed by atoms with van der Waals surface area (Å²) in [4.78, 5) is 9.04. The van der Waals surface area contributed by atoms with Crippen molar-refractivity contribution >= 4 is 22.5 Å². The number of nitrogens with zero attached hydrogens (tertiary/aromatic N) is 2. The Kier molecular flexibility index (Phi) is 3.52. The number of hydrogen-bond donors (Lipinski definition) is 0. The molecule has 0 bridgehead atoms. The summed E-state index contributed by atoms with van der Waals surface area (Å²) in [6.07, 6.45) is 0. The highest BCUT2D eigenvalue weighted by atomic mass is 35.5. The summed E-state index contributed by atoms with van der Waals surface area (Å²) in [6.45, 7) is 0. The largest absolute Gasteiger partial charge is 0.228 e. The van der Waals surface area contributed by atoms with Crippen LogP contribution in [0.25, 0.3) is 33.4 Å². The lowest BCUT2D eigenvalue weighted by Crippen LogP contribution is -1.91. The van der Waals surface area contributed by atoms with E-state index in [1.807, 2.05) is 54.6 Å². The van der Waals surface area contributed by atoms with Gasteiger partial charge in [0.25, 0.3) is 0 Å². The van der Waals surface area contributed by atoms with Gasteiger partial charge in [0, 0.05) is 10.9 Å². The van der Waals surface area contributed by atoms with Crippen molar-refractivity contribution < 1.29 is 0 Å². The Morgan fingerprint density at radius 1 is 0.565 bits per heavy atom. The van der Waals surface area contributed by atoms with Crippen LogP contribution in [0.5, 0.6) is 0 Å². The van der Waals surface area contributed by atoms with Crippen molar-refractivity contribution in [3.8, 4) is 22.5 Å². The Labute approximate surface area is 139 Å². The first-order valence-corrected chi connectivity index (χ1v) is 7.77. The number of aromatic nitrogens is 2. The standard InChI is InChI=1S/C20H13ClN2/c21-19-17-8-4-5-9-18(17)22-20(23-19)16-12-10-15(11-13-16)14-6-2-1-3-7-14/h1-13H. The van der Waals surface area contributed by atoms with E-state index in [2.05, 4.69) is 34.2 Å². The lowest BCUT2D eigenvalue weighted by atomic mass is 10.0. The van der Waals surface area contributed by atoms with Gasteiger partial charge in [-0.15, -0.1) is 0 Å². The highest BCUT2D eigenvalue weighted by Gasteiger charge is 2.07. The smallest absolute Gasteiger partial charge is 0.161 e. The average molecular weight is 317 g/mol. The number of hydrogen-bond acceptors (Lipinski definition) is 2. The molecular weight excluding hydrogens is 304 g/mol. The first-order valence-electron chi connectivity index (χ1n) is 7.39. The van der Waals surface area contributed by atoms with Gasteiger partial charge in [0.1, 0.15) is 5.15 Å². The highest BCUT2D eigenvalue weighted by Crippen LogP contribution is 2.26. The molecule has 0 saturated heterocycles. The molecular formula is C20H13ClN2. The van der Waals surface area contributed by atoms with E-state index in [0.29, 0.717) is 11.0 Å². The summed E-state index contributed by atoms with van der Waals surface area (Å²) in [5, 5.41) is 1.36. The van der Waals surface area contributed by atoms with Gasteiger partial charge in [0.15, 0.2) is 5.82 Å². The van der Waals surface area contributed by atoms with Crippen molar-refractivity contribution in [2.24, 2.45) is 0 Å². The Bertz CT molecular complexity index is 964. The van der Waals surface area contributed by atoms with Gasteiger partial charge in [-0.05, 0) is 23.3 Å². The van der Waals surface area contributed by atoms with Gasteiger partial charge in [-0.2, -0.15) is 0 Å². The summed E-state index contributed by atoms with van der Waals surface area (Å²) in [7, 11) is 0. The highest BCUT2D eigenvalue weighted by molar-refractivity contribution is 6.34. The molecule has 23 heavy (non-hydrogen) atoms. The predicted octanol–water partition coefficient (Wildman–Crippen LogP) is 5.62. The zero-order valence-corrected chi connectivity index (χ0v) is 13.0. The van der Waals surface area contributed by atoms with Gasteiger partial charge in [0.2, 0.25) is 0 Å². The predicted molar refractivity (Wildman–Crippen MR) is 95.4 cm³/mol. The second-order valence-corrected chi connectivity index (χ2v) is 5.66. The van der Waals surface area contributed by atoms with Crippen LogP contribution in [-0.2, 0) is 0 Å².